The third kappa shape index (κ3) is 5.52. The van der Waals surface area contributed by atoms with E-state index in [2.05, 4.69) is 9.97 Å². The normalized spacial score (nSPS) is 12.5. The van der Waals surface area contributed by atoms with Gasteiger partial charge in [-0.05, 0) is 50.1 Å². The molecular weight excluding hydrogens is 400 g/mol. The van der Waals surface area contributed by atoms with E-state index in [1.54, 1.807) is 45.2 Å². The molecule has 3 rings (SSSR count). The number of aliphatic hydroxyl groups excluding tert-OH is 1. The first-order chi connectivity index (χ1) is 14.5. The average molecular weight is 426 g/mol. The van der Waals surface area contributed by atoms with E-state index in [0.717, 1.165) is 0 Å². The van der Waals surface area contributed by atoms with Crippen molar-refractivity contribution in [2.24, 2.45) is 0 Å². The van der Waals surface area contributed by atoms with Gasteiger partial charge in [-0.25, -0.2) is 9.78 Å². The van der Waals surface area contributed by atoms with Crippen molar-refractivity contribution in [1.82, 2.24) is 14.9 Å². The zero-order chi connectivity index (χ0) is 22.8. The van der Waals surface area contributed by atoms with Crippen LogP contribution in [0.2, 0.25) is 0 Å². The van der Waals surface area contributed by atoms with Crippen molar-refractivity contribution in [2.45, 2.75) is 39.0 Å². The largest absolute Gasteiger partial charge is 0.506 e. The molecule has 1 atom stereocenters. The molecule has 2 aromatic heterocycles. The van der Waals surface area contributed by atoms with Crippen LogP contribution >= 0.6 is 0 Å². The molecule has 0 saturated heterocycles. The number of fused-ring (bicyclic) bond motifs is 1. The number of pyridine rings is 2. The number of aliphatic hydroxyl groups is 1. The van der Waals surface area contributed by atoms with Gasteiger partial charge < -0.3 is 30.6 Å². The third-order valence-electron chi connectivity index (χ3n) is 4.53. The number of aromatic amines is 1. The summed E-state index contributed by atoms with van der Waals surface area (Å²) in [5, 5.41) is 21.5. The van der Waals surface area contributed by atoms with Crippen LogP contribution in [0.5, 0.6) is 5.75 Å². The Labute approximate surface area is 179 Å². The molecule has 1 amide bonds. The van der Waals surface area contributed by atoms with Crippen LogP contribution in [0, 0.1) is 0 Å². The number of benzene rings is 1. The molecule has 0 spiro atoms. The van der Waals surface area contributed by atoms with E-state index < -0.39 is 17.8 Å². The second kappa shape index (κ2) is 8.65. The lowest BCUT2D eigenvalue weighted by Crippen LogP contribution is -2.38. The molecule has 1 aromatic carbocycles. The van der Waals surface area contributed by atoms with Gasteiger partial charge in [-0.1, -0.05) is 12.1 Å². The molecule has 2 heterocycles. The molecule has 9 heteroatoms. The molecule has 164 valence electrons. The average Bonchev–Trinajstić information content (AvgIpc) is 2.68. The first kappa shape index (κ1) is 22.1. The highest BCUT2D eigenvalue weighted by Gasteiger charge is 2.26. The summed E-state index contributed by atoms with van der Waals surface area (Å²) >= 11 is 0. The molecule has 3 aromatic rings. The lowest BCUT2D eigenvalue weighted by Gasteiger charge is -2.29. The van der Waals surface area contributed by atoms with E-state index in [1.165, 1.54) is 23.1 Å². The zero-order valence-corrected chi connectivity index (χ0v) is 17.6. The molecule has 5 N–H and O–H groups in total. The Morgan fingerprint density at radius 2 is 1.97 bits per heavy atom. The van der Waals surface area contributed by atoms with Gasteiger partial charge in [-0.15, -0.1) is 0 Å². The highest BCUT2D eigenvalue weighted by atomic mass is 16.6. The fourth-order valence-corrected chi connectivity index (χ4v) is 3.14. The Bertz CT molecular complexity index is 1140. The van der Waals surface area contributed by atoms with Crippen LogP contribution in [0.3, 0.4) is 0 Å². The van der Waals surface area contributed by atoms with Gasteiger partial charge in [0.25, 0.3) is 0 Å². The minimum atomic E-state index is -1.11. The van der Waals surface area contributed by atoms with Crippen LogP contribution in [0.25, 0.3) is 10.9 Å². The number of carbonyl (C=O) groups is 1. The quantitative estimate of drug-likeness (QED) is 0.491. The van der Waals surface area contributed by atoms with Gasteiger partial charge in [0.05, 0.1) is 24.7 Å². The highest BCUT2D eigenvalue weighted by molar-refractivity contribution is 5.87. The van der Waals surface area contributed by atoms with E-state index in [-0.39, 0.29) is 29.9 Å². The summed E-state index contributed by atoms with van der Waals surface area (Å²) in [5.41, 5.74) is 5.92. The molecule has 0 saturated carbocycles. The number of aromatic nitrogens is 2. The number of phenols is 1. The SMILES string of the molecule is CC(C)(C)OC(=O)N(Cc1ccc(N)nc1)C[C@H](O)c1ccc(O)c2[nH]c(=O)ccc12. The van der Waals surface area contributed by atoms with E-state index in [1.807, 2.05) is 0 Å². The zero-order valence-electron chi connectivity index (χ0n) is 17.6. The fourth-order valence-electron chi connectivity index (χ4n) is 3.14. The standard InChI is InChI=1S/C22H26N4O5/c1-22(2,3)31-21(30)26(11-13-4-8-18(23)24-10-13)12-17(28)14-5-7-16(27)20-15(14)6-9-19(29)25-20/h4-10,17,27-28H,11-12H2,1-3H3,(H2,23,24)(H,25,29)/t17-/m0/s1. The summed E-state index contributed by atoms with van der Waals surface area (Å²) in [5.74, 6) is 0.248. The predicted octanol–water partition coefficient (Wildman–Crippen LogP) is 2.68. The van der Waals surface area contributed by atoms with Crippen molar-refractivity contribution in [3.8, 4) is 5.75 Å². The molecule has 0 unspecified atom stereocenters. The van der Waals surface area contributed by atoms with Crippen LogP contribution in [0.4, 0.5) is 10.6 Å². The maximum absolute atomic E-state index is 12.8. The van der Waals surface area contributed by atoms with Crippen LogP contribution < -0.4 is 11.3 Å². The summed E-state index contributed by atoms with van der Waals surface area (Å²) in [6, 6.07) is 9.14. The third-order valence-corrected chi connectivity index (χ3v) is 4.53. The molecular formula is C22H26N4O5. The van der Waals surface area contributed by atoms with Crippen molar-refractivity contribution in [3.05, 3.63) is 64.1 Å². The topological polar surface area (TPSA) is 142 Å². The number of carbonyl (C=O) groups excluding carboxylic acids is 1. The van der Waals surface area contributed by atoms with Gasteiger partial charge in [0.1, 0.15) is 17.2 Å². The first-order valence-electron chi connectivity index (χ1n) is 9.75. The van der Waals surface area contributed by atoms with Crippen LogP contribution in [-0.4, -0.2) is 43.3 Å². The Kier molecular flexibility index (Phi) is 6.16. The summed E-state index contributed by atoms with van der Waals surface area (Å²) < 4.78 is 5.50. The molecule has 9 nitrogen and oxygen atoms in total. The number of anilines is 1. The van der Waals surface area contributed by atoms with E-state index in [9.17, 15) is 19.8 Å². The number of nitrogens with zero attached hydrogens (tertiary/aromatic N) is 2. The van der Waals surface area contributed by atoms with Crippen molar-refractivity contribution >= 4 is 22.8 Å². The van der Waals surface area contributed by atoms with Gasteiger partial charge in [0, 0.05) is 17.6 Å². The predicted molar refractivity (Wildman–Crippen MR) is 116 cm³/mol. The Hall–Kier alpha value is -3.59. The van der Waals surface area contributed by atoms with Crippen molar-refractivity contribution < 1.29 is 19.7 Å². The number of H-pyrrole nitrogens is 1. The van der Waals surface area contributed by atoms with Crippen LogP contribution in [-0.2, 0) is 11.3 Å². The number of nitrogen functional groups attached to an aromatic ring is 1. The number of rotatable bonds is 5. The minimum Gasteiger partial charge on any atom is -0.506 e. The fraction of sp³-hybridized carbons (Fsp3) is 0.318. The number of nitrogens with one attached hydrogen (secondary N) is 1. The number of phenolic OH excluding ortho intramolecular Hbond substituents is 1. The number of hydrogen-bond donors (Lipinski definition) is 4. The van der Waals surface area contributed by atoms with Crippen LogP contribution in [0.1, 0.15) is 38.0 Å². The Morgan fingerprint density at radius 3 is 2.61 bits per heavy atom. The van der Waals surface area contributed by atoms with Crippen molar-refractivity contribution in [2.75, 3.05) is 12.3 Å². The number of amides is 1. The number of aromatic hydroxyl groups is 1. The molecule has 0 fully saturated rings. The Balaban J connectivity index is 1.92. The highest BCUT2D eigenvalue weighted by Crippen LogP contribution is 2.29. The van der Waals surface area contributed by atoms with Gasteiger partial charge in [-0.2, -0.15) is 0 Å². The van der Waals surface area contributed by atoms with Gasteiger partial charge >= 0.3 is 6.09 Å². The molecule has 0 radical (unpaired) electrons. The van der Waals surface area contributed by atoms with Crippen molar-refractivity contribution in [1.29, 1.82) is 0 Å². The van der Waals surface area contributed by atoms with E-state index in [4.69, 9.17) is 10.5 Å². The second-order valence-electron chi connectivity index (χ2n) is 8.25. The van der Waals surface area contributed by atoms with Gasteiger partial charge in [0.15, 0.2) is 0 Å². The minimum absolute atomic E-state index is 0.0850. The summed E-state index contributed by atoms with van der Waals surface area (Å²) in [7, 11) is 0. The van der Waals surface area contributed by atoms with Crippen molar-refractivity contribution in [3.63, 3.8) is 0 Å². The van der Waals surface area contributed by atoms with Crippen LogP contribution in [0.15, 0.2) is 47.4 Å². The Morgan fingerprint density at radius 1 is 1.23 bits per heavy atom. The first-order valence-corrected chi connectivity index (χ1v) is 9.75. The lowest BCUT2D eigenvalue weighted by molar-refractivity contribution is 0.0125. The summed E-state index contributed by atoms with van der Waals surface area (Å²) in [6.07, 6.45) is -0.150. The number of ether oxygens (including phenoxy) is 1. The molecule has 0 bridgehead atoms. The molecule has 31 heavy (non-hydrogen) atoms. The van der Waals surface area contributed by atoms with Gasteiger partial charge in [0.2, 0.25) is 5.56 Å². The molecule has 0 aliphatic rings. The van der Waals surface area contributed by atoms with E-state index in [0.29, 0.717) is 22.3 Å². The van der Waals surface area contributed by atoms with Gasteiger partial charge in [-0.3, -0.25) is 4.79 Å². The summed E-state index contributed by atoms with van der Waals surface area (Å²) in [6.45, 7) is 5.33. The molecule has 0 aliphatic carbocycles. The maximum atomic E-state index is 12.8. The smallest absolute Gasteiger partial charge is 0.410 e. The molecule has 0 aliphatic heterocycles. The number of hydrogen-bond acceptors (Lipinski definition) is 7. The van der Waals surface area contributed by atoms with E-state index >= 15 is 0 Å². The second-order valence-corrected chi connectivity index (χ2v) is 8.25. The lowest BCUT2D eigenvalue weighted by atomic mass is 10.0. The summed E-state index contributed by atoms with van der Waals surface area (Å²) in [4.78, 5) is 32.4. The maximum Gasteiger partial charge on any atom is 0.410 e. The monoisotopic (exact) mass is 426 g/mol. The number of nitrogens with two attached hydrogens (primary N) is 1.